The number of carbonyl (C=O) groups excluding carboxylic acids is 1. The highest BCUT2D eigenvalue weighted by molar-refractivity contribution is 9.10. The van der Waals surface area contributed by atoms with E-state index in [-0.39, 0.29) is 18.7 Å². The van der Waals surface area contributed by atoms with Crippen molar-refractivity contribution >= 4 is 37.5 Å². The van der Waals surface area contributed by atoms with Crippen molar-refractivity contribution in [1.29, 1.82) is 0 Å². The van der Waals surface area contributed by atoms with Crippen LogP contribution in [0.3, 0.4) is 0 Å². The molecule has 0 saturated carbocycles. The first-order chi connectivity index (χ1) is 8.30. The third kappa shape index (κ3) is 2.40. The van der Waals surface area contributed by atoms with Crippen molar-refractivity contribution < 1.29 is 17.6 Å². The molecule has 0 bridgehead atoms. The van der Waals surface area contributed by atoms with Crippen LogP contribution in [0.25, 0.3) is 0 Å². The molecule has 1 aliphatic heterocycles. The first-order valence-corrected chi connectivity index (χ1v) is 7.47. The van der Waals surface area contributed by atoms with Crippen LogP contribution in [0, 0.1) is 5.82 Å². The topological polar surface area (TPSA) is 80.5 Å². The normalized spacial score (nSPS) is 20.5. The lowest BCUT2D eigenvalue weighted by atomic mass is 10.3. The predicted molar refractivity (Wildman–Crippen MR) is 68.0 cm³/mol. The second-order valence-electron chi connectivity index (χ2n) is 3.99. The van der Waals surface area contributed by atoms with Crippen molar-refractivity contribution in [2.45, 2.75) is 11.7 Å². The van der Waals surface area contributed by atoms with Crippen LogP contribution in [-0.4, -0.2) is 26.1 Å². The van der Waals surface area contributed by atoms with E-state index >= 15 is 0 Å². The van der Waals surface area contributed by atoms with Gasteiger partial charge in [0.1, 0.15) is 11.1 Å². The number of benzene rings is 1. The van der Waals surface area contributed by atoms with Gasteiger partial charge in [0.15, 0.2) is 0 Å². The van der Waals surface area contributed by atoms with E-state index in [0.29, 0.717) is 4.47 Å². The summed E-state index contributed by atoms with van der Waals surface area (Å²) in [4.78, 5) is 12.9. The van der Waals surface area contributed by atoms with Crippen LogP contribution in [0.4, 0.5) is 10.1 Å². The molecular weight excluding hydrogens is 327 g/mol. The van der Waals surface area contributed by atoms with E-state index in [4.69, 9.17) is 5.14 Å². The predicted octanol–water partition coefficient (Wildman–Crippen LogP) is 0.982. The van der Waals surface area contributed by atoms with Gasteiger partial charge in [-0.3, -0.25) is 4.79 Å². The summed E-state index contributed by atoms with van der Waals surface area (Å²) in [5.74, 6) is -1.05. The molecule has 0 aliphatic carbocycles. The van der Waals surface area contributed by atoms with E-state index < -0.39 is 27.0 Å². The van der Waals surface area contributed by atoms with Gasteiger partial charge in [-0.2, -0.15) is 0 Å². The molecule has 2 N–H and O–H groups in total. The zero-order valence-electron chi connectivity index (χ0n) is 9.14. The van der Waals surface area contributed by atoms with Crippen molar-refractivity contribution in [3.63, 3.8) is 0 Å². The average Bonchev–Trinajstić information content (AvgIpc) is 2.60. The molecule has 1 heterocycles. The number of amides is 1. The highest BCUT2D eigenvalue weighted by Gasteiger charge is 2.38. The van der Waals surface area contributed by atoms with Gasteiger partial charge >= 0.3 is 0 Å². The Morgan fingerprint density at radius 1 is 1.44 bits per heavy atom. The minimum Gasteiger partial charge on any atom is -0.307 e. The molecule has 1 amide bonds. The Morgan fingerprint density at radius 2 is 2.11 bits per heavy atom. The number of carbonyl (C=O) groups is 1. The molecule has 8 heteroatoms. The van der Waals surface area contributed by atoms with Crippen molar-refractivity contribution in [2.24, 2.45) is 5.14 Å². The second kappa shape index (κ2) is 4.60. The molecule has 1 aromatic rings. The van der Waals surface area contributed by atoms with Crippen LogP contribution in [0.1, 0.15) is 6.42 Å². The quantitative estimate of drug-likeness (QED) is 0.874. The van der Waals surface area contributed by atoms with E-state index in [2.05, 4.69) is 15.9 Å². The van der Waals surface area contributed by atoms with Crippen molar-refractivity contribution in [2.75, 3.05) is 11.4 Å². The summed E-state index contributed by atoms with van der Waals surface area (Å²) in [6.07, 6.45) is -0.223. The Balaban J connectivity index is 2.39. The number of halogens is 2. The van der Waals surface area contributed by atoms with Crippen molar-refractivity contribution in [3.05, 3.63) is 28.5 Å². The Bertz CT molecular complexity index is 585. The smallest absolute Gasteiger partial charge is 0.228 e. The zero-order valence-corrected chi connectivity index (χ0v) is 11.5. The summed E-state index contributed by atoms with van der Waals surface area (Å²) >= 11 is 3.14. The summed E-state index contributed by atoms with van der Waals surface area (Å²) in [7, 11) is -3.80. The van der Waals surface area contributed by atoms with Gasteiger partial charge in [0.25, 0.3) is 0 Å². The minimum absolute atomic E-state index is 0.0497. The van der Waals surface area contributed by atoms with Crippen LogP contribution in [0.5, 0.6) is 0 Å². The van der Waals surface area contributed by atoms with Crippen LogP contribution >= 0.6 is 15.9 Å². The number of nitrogens with zero attached hydrogens (tertiary/aromatic N) is 1. The number of para-hydroxylation sites is 1. The molecule has 5 nitrogen and oxygen atoms in total. The highest BCUT2D eigenvalue weighted by atomic mass is 79.9. The third-order valence-corrected chi connectivity index (χ3v) is 4.65. The number of rotatable bonds is 2. The maximum absolute atomic E-state index is 13.7. The van der Waals surface area contributed by atoms with E-state index in [9.17, 15) is 17.6 Å². The SMILES string of the molecule is NS(=O)(=O)C1CC(=O)N(c2c(F)cccc2Br)C1. The largest absolute Gasteiger partial charge is 0.307 e. The summed E-state index contributed by atoms with van der Waals surface area (Å²) < 4.78 is 36.5. The molecule has 1 aromatic carbocycles. The molecule has 98 valence electrons. The summed E-state index contributed by atoms with van der Waals surface area (Å²) in [6.45, 7) is -0.128. The number of anilines is 1. The first-order valence-electron chi connectivity index (χ1n) is 5.06. The second-order valence-corrected chi connectivity index (χ2v) is 6.69. The van der Waals surface area contributed by atoms with Gasteiger partial charge in [-0.15, -0.1) is 0 Å². The van der Waals surface area contributed by atoms with Crippen LogP contribution in [0.15, 0.2) is 22.7 Å². The molecule has 0 aromatic heterocycles. The standard InChI is InChI=1S/C10H10BrFN2O3S/c11-7-2-1-3-8(12)10(7)14-5-6(4-9(14)15)18(13,16)17/h1-3,6H,4-5H2,(H2,13,16,17). The third-order valence-electron chi connectivity index (χ3n) is 2.76. The van der Waals surface area contributed by atoms with E-state index in [1.165, 1.54) is 12.1 Å². The fraction of sp³-hybridized carbons (Fsp3) is 0.300. The number of primary sulfonamides is 1. The number of hydrogen-bond acceptors (Lipinski definition) is 3. The van der Waals surface area contributed by atoms with E-state index in [1.807, 2.05) is 0 Å². The lowest BCUT2D eigenvalue weighted by Gasteiger charge is -2.18. The minimum atomic E-state index is -3.80. The van der Waals surface area contributed by atoms with E-state index in [1.54, 1.807) is 6.07 Å². The Morgan fingerprint density at radius 3 is 2.61 bits per heavy atom. The van der Waals surface area contributed by atoms with Crippen LogP contribution in [-0.2, 0) is 14.8 Å². The van der Waals surface area contributed by atoms with Gasteiger partial charge in [0.2, 0.25) is 15.9 Å². The molecule has 1 aliphatic rings. The molecule has 18 heavy (non-hydrogen) atoms. The van der Waals surface area contributed by atoms with Crippen molar-refractivity contribution in [1.82, 2.24) is 0 Å². The van der Waals surface area contributed by atoms with Gasteiger partial charge in [-0.05, 0) is 28.1 Å². The van der Waals surface area contributed by atoms with E-state index in [0.717, 1.165) is 4.90 Å². The van der Waals surface area contributed by atoms with Crippen molar-refractivity contribution in [3.8, 4) is 0 Å². The number of hydrogen-bond donors (Lipinski definition) is 1. The zero-order chi connectivity index (χ0) is 13.5. The summed E-state index contributed by atoms with van der Waals surface area (Å²) in [5.41, 5.74) is 0.0497. The molecular formula is C10H10BrFN2O3S. The highest BCUT2D eigenvalue weighted by Crippen LogP contribution is 2.33. The molecule has 1 fully saturated rings. The fourth-order valence-electron chi connectivity index (χ4n) is 1.86. The van der Waals surface area contributed by atoms with Crippen LogP contribution in [0.2, 0.25) is 0 Å². The lowest BCUT2D eigenvalue weighted by molar-refractivity contribution is -0.117. The molecule has 1 atom stereocenters. The summed E-state index contributed by atoms with van der Waals surface area (Å²) in [5, 5.41) is 4.02. The van der Waals surface area contributed by atoms with Gasteiger partial charge in [-0.25, -0.2) is 17.9 Å². The lowest BCUT2D eigenvalue weighted by Crippen LogP contribution is -2.32. The molecule has 0 radical (unpaired) electrons. The molecule has 2 rings (SSSR count). The Hall–Kier alpha value is -0.990. The Kier molecular flexibility index (Phi) is 3.43. The number of nitrogens with two attached hydrogens (primary N) is 1. The average molecular weight is 337 g/mol. The Labute approximate surface area is 112 Å². The molecule has 1 unspecified atom stereocenters. The van der Waals surface area contributed by atoms with Crippen LogP contribution < -0.4 is 10.0 Å². The van der Waals surface area contributed by atoms with Gasteiger partial charge in [0, 0.05) is 17.4 Å². The summed E-state index contributed by atoms with van der Waals surface area (Å²) in [6, 6.07) is 4.27. The first kappa shape index (κ1) is 13.4. The maximum Gasteiger partial charge on any atom is 0.228 e. The molecule has 1 saturated heterocycles. The number of sulfonamides is 1. The van der Waals surface area contributed by atoms with Gasteiger partial charge in [-0.1, -0.05) is 6.07 Å². The molecule has 0 spiro atoms. The van der Waals surface area contributed by atoms with Gasteiger partial charge in [0.05, 0.1) is 5.69 Å². The monoisotopic (exact) mass is 336 g/mol. The fourth-order valence-corrected chi connectivity index (χ4v) is 3.15. The van der Waals surface area contributed by atoms with Gasteiger partial charge < -0.3 is 4.90 Å². The maximum atomic E-state index is 13.7.